The zero-order valence-electron chi connectivity index (χ0n) is 31.8. The van der Waals surface area contributed by atoms with Crippen molar-refractivity contribution >= 4 is 17.5 Å². The van der Waals surface area contributed by atoms with Gasteiger partial charge in [0.25, 0.3) is 10.9 Å². The third-order valence-electron chi connectivity index (χ3n) is 14.9. The van der Waals surface area contributed by atoms with Gasteiger partial charge >= 0.3 is 6.09 Å². The maximum atomic E-state index is 12.8. The molecule has 8 nitrogen and oxygen atoms in total. The van der Waals surface area contributed by atoms with Crippen molar-refractivity contribution in [1.29, 1.82) is 0 Å². The third kappa shape index (κ3) is 6.62. The summed E-state index contributed by atoms with van der Waals surface area (Å²) in [7, 11) is 4.07. The number of alkyl carbamates (subject to hydrolysis) is 1. The fraction of sp³-hybridized carbons (Fsp3) is 0.829. The highest BCUT2D eigenvalue weighted by Crippen LogP contribution is 2.84. The summed E-state index contributed by atoms with van der Waals surface area (Å²) < 4.78 is 5.94. The lowest BCUT2D eigenvalue weighted by Crippen LogP contribution is -2.51. The minimum atomic E-state index is -0.496. The van der Waals surface area contributed by atoms with E-state index < -0.39 is 17.0 Å². The van der Waals surface area contributed by atoms with Gasteiger partial charge in [-0.1, -0.05) is 59.1 Å². The van der Waals surface area contributed by atoms with Crippen LogP contribution in [0.1, 0.15) is 125 Å². The summed E-state index contributed by atoms with van der Waals surface area (Å²) in [4.78, 5) is 39.1. The molecule has 1 amide bonds. The second kappa shape index (κ2) is 14.0. The summed E-state index contributed by atoms with van der Waals surface area (Å²) in [5.74, 6) is 3.21. The Bertz CT molecular complexity index is 1460. The van der Waals surface area contributed by atoms with E-state index in [1.54, 1.807) is 0 Å². The van der Waals surface area contributed by atoms with Gasteiger partial charge in [0, 0.05) is 26.1 Å². The van der Waals surface area contributed by atoms with E-state index in [2.05, 4.69) is 61.5 Å². The van der Waals surface area contributed by atoms with Crippen molar-refractivity contribution in [2.24, 2.45) is 45.3 Å². The highest BCUT2D eigenvalue weighted by atomic mass is 16.6. The van der Waals surface area contributed by atoms with Crippen LogP contribution in [0.15, 0.2) is 21.2 Å². The molecule has 4 saturated carbocycles. The van der Waals surface area contributed by atoms with E-state index in [1.165, 1.54) is 63.4 Å². The van der Waals surface area contributed by atoms with Crippen LogP contribution < -0.4 is 26.8 Å². The van der Waals surface area contributed by atoms with Gasteiger partial charge < -0.3 is 25.6 Å². The normalized spacial score (nSPS) is 36.3. The predicted molar refractivity (Wildman–Crippen MR) is 200 cm³/mol. The Kier molecular flexibility index (Phi) is 10.4. The molecule has 1 spiro atoms. The third-order valence-corrected chi connectivity index (χ3v) is 14.9. The number of carbonyl (C=O) groups excluding carboxylic acids is 1. The molecule has 274 valence electrons. The lowest BCUT2D eigenvalue weighted by Gasteiger charge is -2.58. The molecular weight excluding hydrogens is 612 g/mol. The standard InChI is InChI=1S/C41H66N4O4/c1-27(2)11-10-17-38(3)26-41(38)20-16-32-30-13-12-28-25-29(14-18-39(28,4)31(30)15-19-40(32,41)5)49-37(48)44-23-22-43-34-33(35(46)36(34)47)42-21-8-9-24-45(6)7/h12,27,29-32,42-43H,8-11,13-26H2,1-7H3,(H,44,48)/t29-,30+,31-,32-,38-,39-,40-,41-/m0/s1. The van der Waals surface area contributed by atoms with Gasteiger partial charge in [0.15, 0.2) is 0 Å². The van der Waals surface area contributed by atoms with E-state index in [9.17, 15) is 14.4 Å². The van der Waals surface area contributed by atoms with Crippen molar-refractivity contribution in [2.45, 2.75) is 131 Å². The van der Waals surface area contributed by atoms with E-state index in [0.717, 1.165) is 62.3 Å². The van der Waals surface area contributed by atoms with Gasteiger partial charge in [0.05, 0.1) is 0 Å². The number of rotatable bonds is 15. The lowest BCUT2D eigenvalue weighted by atomic mass is 9.46. The van der Waals surface area contributed by atoms with Crippen LogP contribution in [0.3, 0.4) is 0 Å². The second-order valence-electron chi connectivity index (χ2n) is 18.3. The fourth-order valence-electron chi connectivity index (χ4n) is 12.0. The Labute approximate surface area is 295 Å². The molecule has 0 aromatic heterocycles. The number of ether oxygens (including phenoxy) is 1. The molecule has 4 fully saturated rings. The molecule has 6 rings (SSSR count). The number of nitrogens with zero attached hydrogens (tertiary/aromatic N) is 1. The van der Waals surface area contributed by atoms with Crippen molar-refractivity contribution in [1.82, 2.24) is 10.2 Å². The average Bonchev–Trinajstić information content (AvgIpc) is 3.54. The smallest absolute Gasteiger partial charge is 0.407 e. The van der Waals surface area contributed by atoms with Crippen LogP contribution >= 0.6 is 0 Å². The number of anilines is 2. The van der Waals surface area contributed by atoms with Gasteiger partial charge in [-0.25, -0.2) is 4.79 Å². The first-order chi connectivity index (χ1) is 23.2. The molecule has 8 atom stereocenters. The molecule has 1 aromatic carbocycles. The number of carbonyl (C=O) groups is 1. The zero-order valence-corrected chi connectivity index (χ0v) is 31.8. The number of allylic oxidation sites excluding steroid dienone is 1. The summed E-state index contributed by atoms with van der Waals surface area (Å²) in [6, 6.07) is 0. The minimum Gasteiger partial charge on any atom is -0.446 e. The van der Waals surface area contributed by atoms with Crippen LogP contribution in [0, 0.1) is 45.3 Å². The maximum Gasteiger partial charge on any atom is 0.407 e. The first-order valence-electron chi connectivity index (χ1n) is 19.8. The van der Waals surface area contributed by atoms with E-state index in [4.69, 9.17) is 4.74 Å². The second-order valence-corrected chi connectivity index (χ2v) is 18.3. The Hall–Kier alpha value is -2.35. The highest BCUT2D eigenvalue weighted by Gasteiger charge is 2.76. The Balaban J connectivity index is 0.965. The lowest BCUT2D eigenvalue weighted by molar-refractivity contribution is -0.0623. The molecule has 0 bridgehead atoms. The van der Waals surface area contributed by atoms with E-state index in [1.807, 2.05) is 14.1 Å². The van der Waals surface area contributed by atoms with Crippen LogP contribution in [0.5, 0.6) is 0 Å². The molecule has 3 N–H and O–H groups in total. The average molecular weight is 679 g/mol. The largest absolute Gasteiger partial charge is 0.446 e. The van der Waals surface area contributed by atoms with Crippen molar-refractivity contribution in [3.63, 3.8) is 0 Å². The fourth-order valence-corrected chi connectivity index (χ4v) is 12.0. The summed E-state index contributed by atoms with van der Waals surface area (Å²) >= 11 is 0. The first kappa shape index (κ1) is 36.4. The van der Waals surface area contributed by atoms with Gasteiger partial charge in [-0.05, 0) is 137 Å². The number of fused-ring (bicyclic) bond motifs is 6. The summed E-state index contributed by atoms with van der Waals surface area (Å²) in [6.45, 7) is 14.9. The quantitative estimate of drug-likeness (QED) is 0.0992. The number of unbranched alkanes of at least 4 members (excludes halogenated alkanes) is 1. The van der Waals surface area contributed by atoms with Gasteiger partial charge in [0.2, 0.25) is 0 Å². The summed E-state index contributed by atoms with van der Waals surface area (Å²) in [6.07, 6.45) is 19.3. The minimum absolute atomic E-state index is 0.0951. The highest BCUT2D eigenvalue weighted by molar-refractivity contribution is 5.74. The summed E-state index contributed by atoms with van der Waals surface area (Å²) in [5.41, 5.74) is 3.11. The molecule has 8 heteroatoms. The topological polar surface area (TPSA) is 99.8 Å². The molecule has 0 saturated heterocycles. The van der Waals surface area contributed by atoms with Crippen LogP contribution in [-0.4, -0.2) is 57.4 Å². The van der Waals surface area contributed by atoms with Crippen molar-refractivity contribution in [2.75, 3.05) is 50.9 Å². The molecule has 0 aliphatic heterocycles. The van der Waals surface area contributed by atoms with Crippen LogP contribution in [-0.2, 0) is 4.74 Å². The van der Waals surface area contributed by atoms with Gasteiger partial charge in [-0.15, -0.1) is 0 Å². The predicted octanol–water partition coefficient (Wildman–Crippen LogP) is 7.73. The Morgan fingerprint density at radius 1 is 0.918 bits per heavy atom. The van der Waals surface area contributed by atoms with Gasteiger partial charge in [0.1, 0.15) is 17.5 Å². The molecule has 5 aliphatic carbocycles. The zero-order chi connectivity index (χ0) is 35.2. The number of hydrogen-bond donors (Lipinski definition) is 3. The number of nitrogens with one attached hydrogen (secondary N) is 3. The van der Waals surface area contributed by atoms with E-state index in [0.29, 0.717) is 47.3 Å². The molecule has 5 aliphatic rings. The Morgan fingerprint density at radius 2 is 1.63 bits per heavy atom. The van der Waals surface area contributed by atoms with Crippen LogP contribution in [0.4, 0.5) is 16.2 Å². The molecule has 0 unspecified atom stereocenters. The number of hydrogen-bond acceptors (Lipinski definition) is 7. The van der Waals surface area contributed by atoms with Crippen molar-refractivity contribution in [3.05, 3.63) is 32.1 Å². The molecular formula is C41H66N4O4. The molecule has 0 radical (unpaired) electrons. The number of amides is 1. The summed E-state index contributed by atoms with van der Waals surface area (Å²) in [5, 5.41) is 9.00. The Morgan fingerprint density at radius 3 is 2.35 bits per heavy atom. The van der Waals surface area contributed by atoms with Gasteiger partial charge in [-0.2, -0.15) is 0 Å². The van der Waals surface area contributed by atoms with E-state index >= 15 is 0 Å². The SMILES string of the molecule is CC(C)CCC[C@@]1(C)C[C@@]12CC[C@H]1[C@@H]3CC=C4C[C@@H](OC(=O)NCCNc5c(NCCCCN(C)C)c(=O)c5=O)CC[C@]4(C)[C@H]3CC[C@@]12C. The van der Waals surface area contributed by atoms with Crippen molar-refractivity contribution < 1.29 is 9.53 Å². The van der Waals surface area contributed by atoms with Crippen LogP contribution in [0.2, 0.25) is 0 Å². The van der Waals surface area contributed by atoms with Crippen molar-refractivity contribution in [3.8, 4) is 0 Å². The van der Waals surface area contributed by atoms with Gasteiger partial charge in [-0.3, -0.25) is 9.59 Å². The monoisotopic (exact) mass is 679 g/mol. The van der Waals surface area contributed by atoms with Crippen LogP contribution in [0.25, 0.3) is 0 Å². The van der Waals surface area contributed by atoms with E-state index in [-0.39, 0.29) is 11.5 Å². The molecule has 0 heterocycles. The first-order valence-corrected chi connectivity index (χ1v) is 19.8. The molecule has 49 heavy (non-hydrogen) atoms. The molecule has 1 aromatic rings. The maximum absolute atomic E-state index is 12.8.